The van der Waals surface area contributed by atoms with Crippen LogP contribution in [0.5, 0.6) is 0 Å². The van der Waals surface area contributed by atoms with E-state index in [0.29, 0.717) is 17.7 Å². The van der Waals surface area contributed by atoms with Gasteiger partial charge in [0.25, 0.3) is 0 Å². The van der Waals surface area contributed by atoms with Gasteiger partial charge < -0.3 is 20.9 Å². The number of fused-ring (bicyclic) bond motifs is 1. The van der Waals surface area contributed by atoms with Crippen molar-refractivity contribution in [2.24, 2.45) is 28.1 Å². The molecule has 3 unspecified atom stereocenters. The summed E-state index contributed by atoms with van der Waals surface area (Å²) in [5.41, 5.74) is 5.42. The van der Waals surface area contributed by atoms with Crippen molar-refractivity contribution in [3.63, 3.8) is 0 Å². The molecule has 0 aromatic heterocycles. The van der Waals surface area contributed by atoms with Gasteiger partial charge in [0.2, 0.25) is 0 Å². The van der Waals surface area contributed by atoms with Crippen molar-refractivity contribution in [3.05, 3.63) is 0 Å². The summed E-state index contributed by atoms with van der Waals surface area (Å²) < 4.78 is 0. The molecular weight excluding hydrogens is 230 g/mol. The fraction of sp³-hybridized carbons (Fsp3) is 0.923. The number of hydrogen-bond acceptors (Lipinski definition) is 4. The molecule has 1 aliphatic carbocycles. The molecule has 1 heterocycles. The summed E-state index contributed by atoms with van der Waals surface area (Å²) in [6, 6.07) is 0. The predicted octanol–water partition coefficient (Wildman–Crippen LogP) is 0.852. The molecule has 0 radical (unpaired) electrons. The third-order valence-electron chi connectivity index (χ3n) is 4.75. The molecule has 0 bridgehead atoms. The van der Waals surface area contributed by atoms with Gasteiger partial charge in [0.15, 0.2) is 0 Å². The second-order valence-corrected chi connectivity index (χ2v) is 6.45. The Morgan fingerprint density at radius 3 is 2.72 bits per heavy atom. The third kappa shape index (κ3) is 2.62. The summed E-state index contributed by atoms with van der Waals surface area (Å²) in [7, 11) is 0. The van der Waals surface area contributed by atoms with E-state index in [4.69, 9.17) is 10.9 Å². The summed E-state index contributed by atoms with van der Waals surface area (Å²) in [5, 5.41) is 21.7. The van der Waals surface area contributed by atoms with Crippen LogP contribution in [-0.4, -0.2) is 46.8 Å². The van der Waals surface area contributed by atoms with Gasteiger partial charge >= 0.3 is 0 Å². The van der Waals surface area contributed by atoms with E-state index in [1.54, 1.807) is 0 Å². The quantitative estimate of drug-likeness (QED) is 0.301. The standard InChI is InChI=1S/C13H25N3O2/c1-13(2,12(14)15-18)5-6-16-7-9-3-4-11(17)10(9)8-16/h9-11,17-18H,3-8H2,1-2H3,(H2,14,15). The Bertz CT molecular complexity index is 330. The van der Waals surface area contributed by atoms with E-state index in [-0.39, 0.29) is 11.5 Å². The first-order valence-electron chi connectivity index (χ1n) is 6.82. The number of aliphatic hydroxyl groups is 1. The van der Waals surface area contributed by atoms with Gasteiger partial charge in [-0.25, -0.2) is 0 Å². The minimum atomic E-state index is -0.273. The highest BCUT2D eigenvalue weighted by Crippen LogP contribution is 2.38. The van der Waals surface area contributed by atoms with E-state index < -0.39 is 0 Å². The normalized spacial score (nSPS) is 33.9. The number of rotatable bonds is 4. The Kier molecular flexibility index (Phi) is 3.82. The maximum Gasteiger partial charge on any atom is 0.144 e. The summed E-state index contributed by atoms with van der Waals surface area (Å²) >= 11 is 0. The molecule has 1 saturated heterocycles. The van der Waals surface area contributed by atoms with Gasteiger partial charge in [0.05, 0.1) is 6.10 Å². The van der Waals surface area contributed by atoms with Crippen LogP contribution in [0.15, 0.2) is 5.16 Å². The van der Waals surface area contributed by atoms with E-state index >= 15 is 0 Å². The largest absolute Gasteiger partial charge is 0.409 e. The van der Waals surface area contributed by atoms with E-state index in [9.17, 15) is 5.11 Å². The lowest BCUT2D eigenvalue weighted by atomic mass is 9.88. The lowest BCUT2D eigenvalue weighted by Crippen LogP contribution is -2.36. The van der Waals surface area contributed by atoms with Gasteiger partial charge in [0, 0.05) is 24.4 Å². The van der Waals surface area contributed by atoms with Crippen molar-refractivity contribution in [2.75, 3.05) is 19.6 Å². The zero-order chi connectivity index (χ0) is 13.3. The molecule has 0 aromatic carbocycles. The number of oxime groups is 1. The lowest BCUT2D eigenvalue weighted by Gasteiger charge is -2.26. The van der Waals surface area contributed by atoms with Crippen molar-refractivity contribution in [1.29, 1.82) is 0 Å². The van der Waals surface area contributed by atoms with Gasteiger partial charge in [-0.1, -0.05) is 19.0 Å². The summed E-state index contributed by atoms with van der Waals surface area (Å²) in [6.45, 7) is 7.02. The second-order valence-electron chi connectivity index (χ2n) is 6.45. The summed E-state index contributed by atoms with van der Waals surface area (Å²) in [6.07, 6.45) is 2.90. The van der Waals surface area contributed by atoms with Crippen LogP contribution in [0.2, 0.25) is 0 Å². The molecule has 5 nitrogen and oxygen atoms in total. The van der Waals surface area contributed by atoms with Crippen molar-refractivity contribution in [1.82, 2.24) is 4.90 Å². The number of hydrogen-bond donors (Lipinski definition) is 3. The molecule has 104 valence electrons. The van der Waals surface area contributed by atoms with E-state index in [1.165, 1.54) is 0 Å². The fourth-order valence-electron chi connectivity index (χ4n) is 3.21. The number of likely N-dealkylation sites (tertiary alicyclic amines) is 1. The number of aliphatic hydroxyl groups excluding tert-OH is 1. The average molecular weight is 255 g/mol. The van der Waals surface area contributed by atoms with Crippen LogP contribution in [0.3, 0.4) is 0 Å². The Morgan fingerprint density at radius 1 is 1.39 bits per heavy atom. The molecule has 18 heavy (non-hydrogen) atoms. The summed E-state index contributed by atoms with van der Waals surface area (Å²) in [4.78, 5) is 2.41. The second kappa shape index (κ2) is 5.05. The minimum absolute atomic E-state index is 0.0999. The Morgan fingerprint density at radius 2 is 2.11 bits per heavy atom. The van der Waals surface area contributed by atoms with Gasteiger partial charge in [-0.2, -0.15) is 0 Å². The summed E-state index contributed by atoms with van der Waals surface area (Å²) in [5.74, 6) is 1.44. The smallest absolute Gasteiger partial charge is 0.144 e. The Balaban J connectivity index is 1.83. The number of nitrogens with two attached hydrogens (primary N) is 1. The fourth-order valence-corrected chi connectivity index (χ4v) is 3.21. The van der Waals surface area contributed by atoms with E-state index in [0.717, 1.165) is 38.9 Å². The highest BCUT2D eigenvalue weighted by atomic mass is 16.4. The SMILES string of the molecule is CC(C)(CCN1CC2CCC(O)C2C1)C(N)=NO. The molecule has 2 rings (SSSR count). The van der Waals surface area contributed by atoms with Crippen LogP contribution in [0.1, 0.15) is 33.1 Å². The molecule has 5 heteroatoms. The highest BCUT2D eigenvalue weighted by Gasteiger charge is 2.41. The molecule has 2 fully saturated rings. The first kappa shape index (κ1) is 13.6. The van der Waals surface area contributed by atoms with Crippen molar-refractivity contribution in [3.8, 4) is 0 Å². The maximum absolute atomic E-state index is 9.87. The zero-order valence-electron chi connectivity index (χ0n) is 11.3. The van der Waals surface area contributed by atoms with Crippen LogP contribution >= 0.6 is 0 Å². The topological polar surface area (TPSA) is 82.1 Å². The van der Waals surface area contributed by atoms with Crippen LogP contribution in [0.25, 0.3) is 0 Å². The predicted molar refractivity (Wildman–Crippen MR) is 70.5 cm³/mol. The van der Waals surface area contributed by atoms with Gasteiger partial charge in [0.1, 0.15) is 5.84 Å². The Labute approximate surface area is 109 Å². The molecule has 1 saturated carbocycles. The van der Waals surface area contributed by atoms with Gasteiger partial charge in [-0.3, -0.25) is 0 Å². The number of amidine groups is 1. The molecule has 0 aromatic rings. The molecule has 0 amide bonds. The van der Waals surface area contributed by atoms with Crippen LogP contribution in [0, 0.1) is 17.3 Å². The van der Waals surface area contributed by atoms with Crippen LogP contribution in [0.4, 0.5) is 0 Å². The molecule has 2 aliphatic rings. The van der Waals surface area contributed by atoms with Crippen molar-refractivity contribution >= 4 is 5.84 Å². The van der Waals surface area contributed by atoms with Crippen molar-refractivity contribution in [2.45, 2.75) is 39.2 Å². The Hall–Kier alpha value is -0.810. The zero-order valence-corrected chi connectivity index (χ0v) is 11.3. The molecule has 1 aliphatic heterocycles. The molecule has 0 spiro atoms. The number of nitrogens with zero attached hydrogens (tertiary/aromatic N) is 2. The maximum atomic E-state index is 9.87. The third-order valence-corrected chi connectivity index (χ3v) is 4.75. The van der Waals surface area contributed by atoms with E-state index in [2.05, 4.69) is 10.1 Å². The highest BCUT2D eigenvalue weighted by molar-refractivity contribution is 5.85. The molecule has 3 atom stereocenters. The lowest BCUT2D eigenvalue weighted by molar-refractivity contribution is 0.123. The van der Waals surface area contributed by atoms with Gasteiger partial charge in [-0.15, -0.1) is 0 Å². The monoisotopic (exact) mass is 255 g/mol. The minimum Gasteiger partial charge on any atom is -0.409 e. The first-order valence-corrected chi connectivity index (χ1v) is 6.82. The van der Waals surface area contributed by atoms with E-state index in [1.807, 2.05) is 13.8 Å². The van der Waals surface area contributed by atoms with Crippen LogP contribution in [-0.2, 0) is 0 Å². The first-order chi connectivity index (χ1) is 8.44. The molecule has 4 N–H and O–H groups in total. The van der Waals surface area contributed by atoms with Crippen molar-refractivity contribution < 1.29 is 10.3 Å². The average Bonchev–Trinajstić information content (AvgIpc) is 2.88. The molecular formula is C13H25N3O2. The van der Waals surface area contributed by atoms with Crippen LogP contribution < -0.4 is 5.73 Å². The van der Waals surface area contributed by atoms with Gasteiger partial charge in [-0.05, 0) is 31.7 Å².